The molecule has 0 bridgehead atoms. The van der Waals surface area contributed by atoms with Gasteiger partial charge in [-0.15, -0.1) is 0 Å². The summed E-state index contributed by atoms with van der Waals surface area (Å²) in [5.41, 5.74) is 9.99. The minimum absolute atomic E-state index is 0.527. The Labute approximate surface area is 277 Å². The van der Waals surface area contributed by atoms with Crippen LogP contribution < -0.4 is 44.0 Å². The summed E-state index contributed by atoms with van der Waals surface area (Å²) in [4.78, 5) is 0. The molecule has 3 aromatic carbocycles. The third-order valence-corrected chi connectivity index (χ3v) is 16.7. The van der Waals surface area contributed by atoms with Crippen molar-refractivity contribution in [2.24, 2.45) is 0 Å². The average Bonchev–Trinajstić information content (AvgIpc) is 3.24. The van der Waals surface area contributed by atoms with Gasteiger partial charge in [0.15, 0.2) is 8.07 Å². The summed E-state index contributed by atoms with van der Waals surface area (Å²) in [5, 5.41) is 2.65. The molecule has 0 amide bonds. The van der Waals surface area contributed by atoms with Gasteiger partial charge in [-0.2, -0.15) is 0 Å². The molecule has 0 aromatic heterocycles. The van der Waals surface area contributed by atoms with E-state index in [1.54, 1.807) is 42.7 Å². The Kier molecular flexibility index (Phi) is 9.70. The number of hydrogen-bond donors (Lipinski definition) is 0. The fraction of sp³-hybridized carbons (Fsp3) is 0.436. The van der Waals surface area contributed by atoms with E-state index in [1.165, 1.54) is 16.7 Å². The topological polar surface area (TPSA) is 55.4 Å². The van der Waals surface area contributed by atoms with Crippen molar-refractivity contribution in [3.63, 3.8) is 0 Å². The van der Waals surface area contributed by atoms with Crippen molar-refractivity contribution < 1.29 is 28.4 Å². The van der Waals surface area contributed by atoms with Crippen LogP contribution >= 0.6 is 0 Å². The van der Waals surface area contributed by atoms with Crippen LogP contribution in [0.25, 0.3) is 0 Å². The first-order valence-corrected chi connectivity index (χ1v) is 17.7. The second kappa shape index (κ2) is 12.7. The maximum Gasteiger partial charge on any atom is 0.176 e. The predicted octanol–water partition coefficient (Wildman–Crippen LogP) is 7.12. The summed E-state index contributed by atoms with van der Waals surface area (Å²) < 4.78 is 37.7. The van der Waals surface area contributed by atoms with Crippen LogP contribution in [-0.2, 0) is 0 Å². The monoisotopic (exact) mass is 644 g/mol. The number of rotatable bonds is 10. The van der Waals surface area contributed by atoms with Crippen molar-refractivity contribution >= 4 is 23.6 Å². The normalized spacial score (nSPS) is 16.4. The average molecular weight is 645 g/mol. The lowest BCUT2D eigenvalue weighted by molar-refractivity contribution is 0.398. The molecular formula is C39H52O6Si. The first kappa shape index (κ1) is 35.0. The van der Waals surface area contributed by atoms with Crippen LogP contribution in [0.5, 0.6) is 34.5 Å². The highest BCUT2D eigenvalue weighted by Crippen LogP contribution is 2.56. The zero-order valence-corrected chi connectivity index (χ0v) is 31.8. The third kappa shape index (κ3) is 4.72. The summed E-state index contributed by atoms with van der Waals surface area (Å²) in [7, 11) is 6.98. The van der Waals surface area contributed by atoms with E-state index in [-0.39, 0.29) is 0 Å². The van der Waals surface area contributed by atoms with Crippen LogP contribution in [0.4, 0.5) is 0 Å². The first-order valence-electron chi connectivity index (χ1n) is 15.7. The number of allylic oxidation sites excluding steroid dienone is 4. The predicted molar refractivity (Wildman–Crippen MR) is 192 cm³/mol. The molecule has 6 nitrogen and oxygen atoms in total. The molecular weight excluding hydrogens is 593 g/mol. The van der Waals surface area contributed by atoms with Crippen LogP contribution in [0, 0.1) is 41.5 Å². The molecule has 1 aliphatic carbocycles. The van der Waals surface area contributed by atoms with Gasteiger partial charge in [0.25, 0.3) is 0 Å². The van der Waals surface area contributed by atoms with Crippen LogP contribution in [0.15, 0.2) is 41.0 Å². The zero-order valence-electron chi connectivity index (χ0n) is 30.8. The SMILES string of the molecule is COc1cc([Si](c2cc(OC)c(C)c(C)c2OC)(c2cc(OC)c(C)c(C)c2OC)C2(C)C=C(C)C(C)=C2C)c(OC)c(C)c1C. The quantitative estimate of drug-likeness (QED) is 0.173. The van der Waals surface area contributed by atoms with Crippen molar-refractivity contribution in [2.45, 2.75) is 74.3 Å². The minimum atomic E-state index is -3.51. The van der Waals surface area contributed by atoms with Gasteiger partial charge in [-0.3, -0.25) is 0 Å². The van der Waals surface area contributed by atoms with Crippen molar-refractivity contribution in [2.75, 3.05) is 42.7 Å². The molecule has 0 saturated heterocycles. The fourth-order valence-corrected chi connectivity index (χ4v) is 14.5. The molecule has 46 heavy (non-hydrogen) atoms. The van der Waals surface area contributed by atoms with Crippen molar-refractivity contribution in [1.82, 2.24) is 0 Å². The van der Waals surface area contributed by atoms with Gasteiger partial charge in [-0.25, -0.2) is 0 Å². The Morgan fingerprint density at radius 1 is 0.457 bits per heavy atom. The van der Waals surface area contributed by atoms with E-state index >= 15 is 0 Å². The van der Waals surface area contributed by atoms with E-state index in [4.69, 9.17) is 28.4 Å². The Morgan fingerprint density at radius 3 is 0.978 bits per heavy atom. The maximum atomic E-state index is 6.47. The Morgan fingerprint density at radius 2 is 0.761 bits per heavy atom. The molecule has 0 heterocycles. The smallest absolute Gasteiger partial charge is 0.176 e. The lowest BCUT2D eigenvalue weighted by Gasteiger charge is -2.49. The van der Waals surface area contributed by atoms with Crippen molar-refractivity contribution in [3.05, 3.63) is 74.4 Å². The van der Waals surface area contributed by atoms with Gasteiger partial charge in [0, 0.05) is 5.04 Å². The first-order chi connectivity index (χ1) is 21.7. The van der Waals surface area contributed by atoms with Crippen LogP contribution in [0.2, 0.25) is 5.04 Å². The van der Waals surface area contributed by atoms with E-state index in [9.17, 15) is 0 Å². The molecule has 1 aliphatic rings. The molecule has 7 heteroatoms. The van der Waals surface area contributed by atoms with Crippen LogP contribution in [0.3, 0.4) is 0 Å². The van der Waals surface area contributed by atoms with E-state index in [0.717, 1.165) is 83.4 Å². The fourth-order valence-electron chi connectivity index (χ4n) is 7.85. The molecule has 0 radical (unpaired) electrons. The van der Waals surface area contributed by atoms with Gasteiger partial charge in [0.1, 0.15) is 34.5 Å². The summed E-state index contributed by atoms with van der Waals surface area (Å²) in [6.07, 6.45) is 2.45. The van der Waals surface area contributed by atoms with Crippen LogP contribution in [-0.4, -0.2) is 50.7 Å². The highest BCUT2D eigenvalue weighted by molar-refractivity contribution is 7.15. The molecule has 1 unspecified atom stereocenters. The van der Waals surface area contributed by atoms with E-state index < -0.39 is 13.1 Å². The second-order valence-electron chi connectivity index (χ2n) is 12.8. The Hall–Kier alpha value is -3.84. The Bertz CT molecular complexity index is 1600. The van der Waals surface area contributed by atoms with Gasteiger partial charge < -0.3 is 28.4 Å². The zero-order chi connectivity index (χ0) is 34.5. The molecule has 0 spiro atoms. The van der Waals surface area contributed by atoms with Gasteiger partial charge in [-0.1, -0.05) is 24.1 Å². The largest absolute Gasteiger partial charge is 0.497 e. The van der Waals surface area contributed by atoms with E-state index in [2.05, 4.69) is 93.5 Å². The van der Waals surface area contributed by atoms with Crippen molar-refractivity contribution in [3.8, 4) is 34.5 Å². The lowest BCUT2D eigenvalue weighted by Crippen LogP contribution is -2.73. The molecule has 0 aliphatic heterocycles. The van der Waals surface area contributed by atoms with Gasteiger partial charge in [0.2, 0.25) is 0 Å². The van der Waals surface area contributed by atoms with Gasteiger partial charge >= 0.3 is 0 Å². The molecule has 1 atom stereocenters. The Balaban J connectivity index is 2.58. The molecule has 248 valence electrons. The lowest BCUT2D eigenvalue weighted by atomic mass is 10.0. The number of ether oxygens (including phenoxy) is 6. The molecule has 3 aromatic rings. The number of hydrogen-bond acceptors (Lipinski definition) is 6. The number of benzene rings is 3. The third-order valence-electron chi connectivity index (χ3n) is 11.1. The highest BCUT2D eigenvalue weighted by atomic mass is 28.3. The number of methoxy groups -OCH3 is 6. The molecule has 0 saturated carbocycles. The standard InChI is InChI=1S/C39H52O6Si/c1-21-20-39(10,29(9)22(21)2)46(33-17-30(40-11)23(3)26(6)36(33)43-14,34-18-31(41-12)24(4)27(7)37(34)44-15)35-19-32(42-13)25(5)28(8)38(35)45-16/h17-20H,1-16H3. The molecule has 0 fully saturated rings. The molecule has 0 N–H and O–H groups in total. The van der Waals surface area contributed by atoms with E-state index in [0.29, 0.717) is 0 Å². The van der Waals surface area contributed by atoms with Gasteiger partial charge in [0.05, 0.1) is 42.7 Å². The highest BCUT2D eigenvalue weighted by Gasteiger charge is 2.61. The summed E-state index contributed by atoms with van der Waals surface area (Å²) in [6, 6.07) is 6.60. The van der Waals surface area contributed by atoms with Crippen molar-refractivity contribution in [1.29, 1.82) is 0 Å². The summed E-state index contributed by atoms with van der Waals surface area (Å²) in [5.74, 6) is 4.88. The second-order valence-corrected chi connectivity index (χ2v) is 16.9. The minimum Gasteiger partial charge on any atom is -0.497 e. The molecule has 4 rings (SSSR count). The van der Waals surface area contributed by atoms with Gasteiger partial charge in [-0.05, 0) is 135 Å². The summed E-state index contributed by atoms with van der Waals surface area (Å²) in [6.45, 7) is 21.7. The van der Waals surface area contributed by atoms with E-state index in [1.807, 2.05) is 0 Å². The maximum absolute atomic E-state index is 6.47. The van der Waals surface area contributed by atoms with Crippen LogP contribution in [0.1, 0.15) is 61.1 Å². The summed E-state index contributed by atoms with van der Waals surface area (Å²) >= 11 is 0.